The lowest BCUT2D eigenvalue weighted by Gasteiger charge is -2.24. The number of unbranched alkanes of at least 4 members (excludes halogenated alkanes) is 7. The number of carbonyl (C=O) groups excluding carboxylic acids is 1. The topological polar surface area (TPSA) is 29.1 Å². The Hall–Kier alpha value is -1.87. The van der Waals surface area contributed by atoms with Gasteiger partial charge in [0.2, 0.25) is 5.91 Å². The van der Waals surface area contributed by atoms with Crippen molar-refractivity contribution in [3.63, 3.8) is 0 Å². The average Bonchev–Trinajstić information content (AvgIpc) is 2.80. The van der Waals surface area contributed by atoms with E-state index in [1.807, 2.05) is 6.07 Å². The number of rotatable bonds is 16. The standard InChI is InChI=1S/C30H47NOSi/c1-5-6-7-8-9-10-11-15-22-33(3,4)23-21-30(32)31-29(28-19-13-12-14-20-28)25-27-18-16-17-26(2)24-27/h12-14,16-20,24,29H,5-11,15,21-23,25H2,1-4H3,(H,31,32)/t29-/m1/s1. The summed E-state index contributed by atoms with van der Waals surface area (Å²) in [6.07, 6.45) is 12.5. The number of hydrogen-bond acceptors (Lipinski definition) is 1. The largest absolute Gasteiger partial charge is 0.349 e. The van der Waals surface area contributed by atoms with E-state index in [0.29, 0.717) is 6.42 Å². The van der Waals surface area contributed by atoms with Crippen molar-refractivity contribution >= 4 is 14.0 Å². The first-order chi connectivity index (χ1) is 15.9. The van der Waals surface area contributed by atoms with Gasteiger partial charge in [-0.1, -0.05) is 138 Å². The first-order valence-electron chi connectivity index (χ1n) is 13.3. The molecular weight excluding hydrogens is 418 g/mol. The second kappa shape index (κ2) is 15.1. The monoisotopic (exact) mass is 465 g/mol. The summed E-state index contributed by atoms with van der Waals surface area (Å²) < 4.78 is 0. The SMILES string of the molecule is CCCCCCCCCC[Si](C)(C)CCC(=O)N[C@H](Cc1cccc(C)c1)c1ccccc1. The summed E-state index contributed by atoms with van der Waals surface area (Å²) in [7, 11) is -1.32. The van der Waals surface area contributed by atoms with Gasteiger partial charge in [0.15, 0.2) is 0 Å². The molecular formula is C30H47NOSi. The minimum atomic E-state index is -1.32. The van der Waals surface area contributed by atoms with Crippen LogP contribution in [-0.4, -0.2) is 14.0 Å². The van der Waals surface area contributed by atoms with Crippen LogP contribution in [0, 0.1) is 6.92 Å². The third-order valence-electron chi connectivity index (χ3n) is 6.80. The molecule has 33 heavy (non-hydrogen) atoms. The molecule has 0 saturated heterocycles. The molecule has 0 aliphatic rings. The molecule has 2 nitrogen and oxygen atoms in total. The molecule has 2 aromatic carbocycles. The van der Waals surface area contributed by atoms with Gasteiger partial charge in [-0.2, -0.15) is 0 Å². The Labute approximate surface area is 204 Å². The van der Waals surface area contributed by atoms with Gasteiger partial charge in [0.25, 0.3) is 0 Å². The van der Waals surface area contributed by atoms with Crippen molar-refractivity contribution in [2.45, 2.75) is 109 Å². The molecule has 1 amide bonds. The van der Waals surface area contributed by atoms with Crippen LogP contribution >= 0.6 is 0 Å². The summed E-state index contributed by atoms with van der Waals surface area (Å²) >= 11 is 0. The van der Waals surface area contributed by atoms with E-state index in [2.05, 4.69) is 80.8 Å². The van der Waals surface area contributed by atoms with Crippen LogP contribution in [0.1, 0.15) is 87.4 Å². The van der Waals surface area contributed by atoms with E-state index in [1.165, 1.54) is 74.1 Å². The number of nitrogens with one attached hydrogen (secondary N) is 1. The number of aryl methyl sites for hydroxylation is 1. The quantitative estimate of drug-likeness (QED) is 0.195. The van der Waals surface area contributed by atoms with Crippen molar-refractivity contribution in [2.24, 2.45) is 0 Å². The highest BCUT2D eigenvalue weighted by molar-refractivity contribution is 6.77. The number of carbonyl (C=O) groups is 1. The van der Waals surface area contributed by atoms with Crippen LogP contribution in [0.3, 0.4) is 0 Å². The highest BCUT2D eigenvalue weighted by atomic mass is 28.3. The van der Waals surface area contributed by atoms with Gasteiger partial charge in [-0.05, 0) is 30.5 Å². The van der Waals surface area contributed by atoms with E-state index < -0.39 is 8.07 Å². The second-order valence-electron chi connectivity index (χ2n) is 10.6. The molecule has 0 aliphatic heterocycles. The van der Waals surface area contributed by atoms with E-state index >= 15 is 0 Å². The van der Waals surface area contributed by atoms with E-state index in [4.69, 9.17) is 0 Å². The Kier molecular flexibility index (Phi) is 12.5. The fourth-order valence-corrected chi connectivity index (χ4v) is 6.95. The average molecular weight is 466 g/mol. The van der Waals surface area contributed by atoms with Crippen molar-refractivity contribution in [3.8, 4) is 0 Å². The molecule has 1 N–H and O–H groups in total. The highest BCUT2D eigenvalue weighted by Gasteiger charge is 2.22. The number of benzene rings is 2. The van der Waals surface area contributed by atoms with Crippen molar-refractivity contribution in [1.29, 1.82) is 0 Å². The van der Waals surface area contributed by atoms with Gasteiger partial charge in [0.05, 0.1) is 6.04 Å². The Morgan fingerprint density at radius 1 is 0.848 bits per heavy atom. The van der Waals surface area contributed by atoms with Gasteiger partial charge in [-0.25, -0.2) is 0 Å². The van der Waals surface area contributed by atoms with Crippen LogP contribution in [0.2, 0.25) is 25.2 Å². The Balaban J connectivity index is 1.79. The Bertz CT molecular complexity index is 802. The van der Waals surface area contributed by atoms with Crippen LogP contribution in [0.4, 0.5) is 0 Å². The molecule has 0 radical (unpaired) electrons. The maximum absolute atomic E-state index is 12.9. The lowest BCUT2D eigenvalue weighted by Crippen LogP contribution is -2.33. The van der Waals surface area contributed by atoms with Gasteiger partial charge in [-0.15, -0.1) is 0 Å². The molecule has 0 spiro atoms. The van der Waals surface area contributed by atoms with Gasteiger partial charge >= 0.3 is 0 Å². The molecule has 0 aromatic heterocycles. The minimum absolute atomic E-state index is 0.0259. The Morgan fingerprint density at radius 3 is 2.18 bits per heavy atom. The fourth-order valence-electron chi connectivity index (χ4n) is 4.59. The zero-order chi connectivity index (χ0) is 23.9. The summed E-state index contributed by atoms with van der Waals surface area (Å²) in [6.45, 7) is 9.32. The second-order valence-corrected chi connectivity index (χ2v) is 15.9. The molecule has 0 fully saturated rings. The minimum Gasteiger partial charge on any atom is -0.349 e. The zero-order valence-corrected chi connectivity index (χ0v) is 22.7. The van der Waals surface area contributed by atoms with Crippen molar-refractivity contribution in [3.05, 3.63) is 71.3 Å². The van der Waals surface area contributed by atoms with Crippen LogP contribution in [0.25, 0.3) is 0 Å². The first kappa shape index (κ1) is 27.4. The van der Waals surface area contributed by atoms with Gasteiger partial charge in [0, 0.05) is 14.5 Å². The van der Waals surface area contributed by atoms with E-state index in [-0.39, 0.29) is 11.9 Å². The third-order valence-corrected chi connectivity index (χ3v) is 10.1. The number of hydrogen-bond donors (Lipinski definition) is 1. The predicted molar refractivity (Wildman–Crippen MR) is 147 cm³/mol. The summed E-state index contributed by atoms with van der Waals surface area (Å²) in [4.78, 5) is 12.9. The van der Waals surface area contributed by atoms with Crippen LogP contribution in [0.5, 0.6) is 0 Å². The van der Waals surface area contributed by atoms with E-state index in [0.717, 1.165) is 12.5 Å². The lowest BCUT2D eigenvalue weighted by molar-refractivity contribution is -0.121. The molecule has 3 heteroatoms. The first-order valence-corrected chi connectivity index (χ1v) is 16.7. The van der Waals surface area contributed by atoms with Gasteiger partial charge < -0.3 is 5.32 Å². The normalized spacial score (nSPS) is 12.5. The number of amides is 1. The maximum atomic E-state index is 12.9. The molecule has 2 aromatic rings. The van der Waals surface area contributed by atoms with Crippen LogP contribution < -0.4 is 5.32 Å². The molecule has 182 valence electrons. The molecule has 0 unspecified atom stereocenters. The lowest BCUT2D eigenvalue weighted by atomic mass is 9.97. The molecule has 1 atom stereocenters. The van der Waals surface area contributed by atoms with E-state index in [1.54, 1.807) is 0 Å². The van der Waals surface area contributed by atoms with E-state index in [9.17, 15) is 4.79 Å². The van der Waals surface area contributed by atoms with Crippen LogP contribution in [0.15, 0.2) is 54.6 Å². The summed E-state index contributed by atoms with van der Waals surface area (Å²) in [5.74, 6) is 0.202. The summed E-state index contributed by atoms with van der Waals surface area (Å²) in [5.41, 5.74) is 3.72. The maximum Gasteiger partial charge on any atom is 0.220 e. The molecule has 0 saturated carbocycles. The summed E-state index contributed by atoms with van der Waals surface area (Å²) in [6, 6.07) is 21.5. The van der Waals surface area contributed by atoms with Crippen molar-refractivity contribution in [1.82, 2.24) is 5.32 Å². The highest BCUT2D eigenvalue weighted by Crippen LogP contribution is 2.23. The van der Waals surface area contributed by atoms with Crippen molar-refractivity contribution < 1.29 is 4.79 Å². The third kappa shape index (κ3) is 11.7. The Morgan fingerprint density at radius 2 is 1.52 bits per heavy atom. The molecule has 2 rings (SSSR count). The molecule has 0 aliphatic carbocycles. The predicted octanol–water partition coefficient (Wildman–Crippen LogP) is 8.63. The zero-order valence-electron chi connectivity index (χ0n) is 21.7. The fraction of sp³-hybridized carbons (Fsp3) is 0.567. The van der Waals surface area contributed by atoms with Gasteiger partial charge in [-0.3, -0.25) is 4.79 Å². The van der Waals surface area contributed by atoms with Crippen molar-refractivity contribution in [2.75, 3.05) is 0 Å². The molecule has 0 bridgehead atoms. The smallest absolute Gasteiger partial charge is 0.220 e. The molecule has 0 heterocycles. The summed E-state index contributed by atoms with van der Waals surface area (Å²) in [5, 5.41) is 3.36. The van der Waals surface area contributed by atoms with Crippen LogP contribution in [-0.2, 0) is 11.2 Å². The van der Waals surface area contributed by atoms with Gasteiger partial charge in [0.1, 0.15) is 0 Å².